The molecule has 0 amide bonds. The molecule has 0 N–H and O–H groups in total. The van der Waals surface area contributed by atoms with Crippen molar-refractivity contribution in [3.8, 4) is 0 Å². The van der Waals surface area contributed by atoms with Crippen molar-refractivity contribution in [2.45, 2.75) is 47.0 Å². The molecule has 4 unspecified atom stereocenters. The van der Waals surface area contributed by atoms with Crippen LogP contribution in [0.15, 0.2) is 36.1 Å². The van der Waals surface area contributed by atoms with Crippen LogP contribution in [0, 0.1) is 23.7 Å². The molecule has 1 nitrogen and oxygen atoms in total. The predicted molar refractivity (Wildman–Crippen MR) is 90.6 cm³/mol. The molecule has 1 aliphatic rings. The van der Waals surface area contributed by atoms with Crippen LogP contribution in [-0.4, -0.2) is 19.0 Å². The van der Waals surface area contributed by atoms with Gasteiger partial charge >= 0.3 is 0 Å². The van der Waals surface area contributed by atoms with E-state index in [0.29, 0.717) is 11.8 Å². The van der Waals surface area contributed by atoms with Crippen LogP contribution in [0.25, 0.3) is 0 Å². The Morgan fingerprint density at radius 2 is 1.95 bits per heavy atom. The number of nitrogens with zero attached hydrogens (tertiary/aromatic N) is 1. The largest absolute Gasteiger partial charge is 0.384 e. The van der Waals surface area contributed by atoms with Crippen molar-refractivity contribution >= 4 is 0 Å². The fourth-order valence-corrected chi connectivity index (χ4v) is 2.83. The summed E-state index contributed by atoms with van der Waals surface area (Å²) < 4.78 is 0. The standard InChI is InChI=1S/C19H33N/c1-7-16(3)17(4)19-10-8-9-18(19)12-11-15(2)13-14-20(5)6/h8-10,13-17,19H,7,11-12H2,1-6H3/b14-13-. The van der Waals surface area contributed by atoms with Gasteiger partial charge in [0.15, 0.2) is 0 Å². The van der Waals surface area contributed by atoms with Gasteiger partial charge in [-0.25, -0.2) is 0 Å². The second kappa shape index (κ2) is 8.34. The summed E-state index contributed by atoms with van der Waals surface area (Å²) in [6.45, 7) is 9.42. The Bertz CT molecular complexity index is 362. The molecule has 0 saturated carbocycles. The van der Waals surface area contributed by atoms with Crippen LogP contribution in [0.1, 0.15) is 47.0 Å². The molecular formula is C19H33N. The molecule has 0 bridgehead atoms. The van der Waals surface area contributed by atoms with E-state index < -0.39 is 0 Å². The van der Waals surface area contributed by atoms with Crippen molar-refractivity contribution in [1.82, 2.24) is 4.90 Å². The molecule has 1 rings (SSSR count). The van der Waals surface area contributed by atoms with Gasteiger partial charge in [0.2, 0.25) is 0 Å². The first-order valence-electron chi connectivity index (χ1n) is 8.17. The van der Waals surface area contributed by atoms with E-state index in [1.807, 2.05) is 0 Å². The summed E-state index contributed by atoms with van der Waals surface area (Å²) in [6.07, 6.45) is 15.3. The van der Waals surface area contributed by atoms with Gasteiger partial charge in [-0.3, -0.25) is 0 Å². The quantitative estimate of drug-likeness (QED) is 0.583. The Labute approximate surface area is 126 Å². The normalized spacial score (nSPS) is 22.9. The van der Waals surface area contributed by atoms with Gasteiger partial charge in [0.1, 0.15) is 0 Å². The van der Waals surface area contributed by atoms with Crippen molar-refractivity contribution in [1.29, 1.82) is 0 Å². The molecule has 0 heterocycles. The molecular weight excluding hydrogens is 242 g/mol. The molecule has 0 spiro atoms. The van der Waals surface area contributed by atoms with Crippen LogP contribution in [0.2, 0.25) is 0 Å². The Morgan fingerprint density at radius 1 is 1.25 bits per heavy atom. The smallest absolute Gasteiger partial charge is 0.00555 e. The number of rotatable bonds is 8. The Morgan fingerprint density at radius 3 is 2.55 bits per heavy atom. The third-order valence-corrected chi connectivity index (χ3v) is 4.77. The fraction of sp³-hybridized carbons (Fsp3) is 0.684. The highest BCUT2D eigenvalue weighted by molar-refractivity contribution is 5.28. The highest BCUT2D eigenvalue weighted by Gasteiger charge is 2.24. The zero-order valence-corrected chi connectivity index (χ0v) is 14.3. The summed E-state index contributed by atoms with van der Waals surface area (Å²) >= 11 is 0. The first-order valence-corrected chi connectivity index (χ1v) is 8.17. The van der Waals surface area contributed by atoms with Gasteiger partial charge in [0.25, 0.3) is 0 Å². The highest BCUT2D eigenvalue weighted by atomic mass is 15.0. The Kier molecular flexibility index (Phi) is 7.12. The second-order valence-corrected chi connectivity index (χ2v) is 6.72. The van der Waals surface area contributed by atoms with E-state index >= 15 is 0 Å². The molecule has 0 radical (unpaired) electrons. The van der Waals surface area contributed by atoms with Crippen LogP contribution in [0.5, 0.6) is 0 Å². The number of hydrogen-bond donors (Lipinski definition) is 0. The molecule has 0 aromatic rings. The molecule has 0 aliphatic heterocycles. The zero-order valence-electron chi connectivity index (χ0n) is 14.3. The van der Waals surface area contributed by atoms with Crippen molar-refractivity contribution in [2.24, 2.45) is 23.7 Å². The lowest BCUT2D eigenvalue weighted by Gasteiger charge is -2.27. The zero-order chi connectivity index (χ0) is 15.1. The average molecular weight is 275 g/mol. The molecule has 0 saturated heterocycles. The molecule has 1 heteroatoms. The summed E-state index contributed by atoms with van der Waals surface area (Å²) in [4.78, 5) is 2.11. The lowest BCUT2D eigenvalue weighted by Crippen LogP contribution is -2.18. The first-order chi connectivity index (χ1) is 9.45. The fourth-order valence-electron chi connectivity index (χ4n) is 2.83. The van der Waals surface area contributed by atoms with Gasteiger partial charge in [-0.05, 0) is 36.8 Å². The lowest BCUT2D eigenvalue weighted by atomic mass is 9.78. The van der Waals surface area contributed by atoms with Crippen LogP contribution in [0.3, 0.4) is 0 Å². The maximum atomic E-state index is 2.41. The molecule has 0 aromatic heterocycles. The number of hydrogen-bond acceptors (Lipinski definition) is 1. The van der Waals surface area contributed by atoms with Gasteiger partial charge in [-0.15, -0.1) is 0 Å². The van der Waals surface area contributed by atoms with E-state index in [1.54, 1.807) is 5.57 Å². The minimum absolute atomic E-state index is 0.651. The summed E-state index contributed by atoms with van der Waals surface area (Å²) in [7, 11) is 4.16. The third-order valence-electron chi connectivity index (χ3n) is 4.77. The van der Waals surface area contributed by atoms with E-state index in [1.165, 1.54) is 19.3 Å². The van der Waals surface area contributed by atoms with Gasteiger partial charge < -0.3 is 4.90 Å². The summed E-state index contributed by atoms with van der Waals surface area (Å²) in [5.41, 5.74) is 1.64. The van der Waals surface area contributed by atoms with Crippen LogP contribution < -0.4 is 0 Å². The molecule has 114 valence electrons. The van der Waals surface area contributed by atoms with E-state index in [0.717, 1.165) is 11.8 Å². The van der Waals surface area contributed by atoms with Crippen molar-refractivity contribution in [3.63, 3.8) is 0 Å². The van der Waals surface area contributed by atoms with Gasteiger partial charge in [0.05, 0.1) is 0 Å². The van der Waals surface area contributed by atoms with Crippen molar-refractivity contribution < 1.29 is 0 Å². The van der Waals surface area contributed by atoms with Crippen molar-refractivity contribution in [3.05, 3.63) is 36.1 Å². The highest BCUT2D eigenvalue weighted by Crippen LogP contribution is 2.35. The van der Waals surface area contributed by atoms with E-state index in [-0.39, 0.29) is 0 Å². The third kappa shape index (κ3) is 5.19. The average Bonchev–Trinajstić information content (AvgIpc) is 2.89. The summed E-state index contributed by atoms with van der Waals surface area (Å²) in [5, 5.41) is 0. The SMILES string of the molecule is CCC(C)C(C)C1C=CC=C1CCC(C)/C=C\N(C)C. The first kappa shape index (κ1) is 17.1. The maximum Gasteiger partial charge on any atom is 0.00555 e. The van der Waals surface area contributed by atoms with Gasteiger partial charge in [-0.2, -0.15) is 0 Å². The van der Waals surface area contributed by atoms with Crippen LogP contribution >= 0.6 is 0 Å². The van der Waals surface area contributed by atoms with Gasteiger partial charge in [0, 0.05) is 20.0 Å². The lowest BCUT2D eigenvalue weighted by molar-refractivity contribution is 0.320. The van der Waals surface area contributed by atoms with Crippen LogP contribution in [0.4, 0.5) is 0 Å². The Balaban J connectivity index is 2.48. The molecule has 4 atom stereocenters. The summed E-state index contributed by atoms with van der Waals surface area (Å²) in [6, 6.07) is 0. The maximum absolute atomic E-state index is 2.41. The molecule has 1 aliphatic carbocycles. The topological polar surface area (TPSA) is 3.24 Å². The molecule has 20 heavy (non-hydrogen) atoms. The number of allylic oxidation sites excluding steroid dienone is 5. The predicted octanol–water partition coefficient (Wildman–Crippen LogP) is 5.27. The molecule has 0 aromatic carbocycles. The Hall–Kier alpha value is -0.980. The summed E-state index contributed by atoms with van der Waals surface area (Å²) in [5.74, 6) is 2.89. The van der Waals surface area contributed by atoms with E-state index in [4.69, 9.17) is 0 Å². The van der Waals surface area contributed by atoms with E-state index in [9.17, 15) is 0 Å². The van der Waals surface area contributed by atoms with Gasteiger partial charge in [-0.1, -0.05) is 64.0 Å². The van der Waals surface area contributed by atoms with Crippen molar-refractivity contribution in [2.75, 3.05) is 14.1 Å². The monoisotopic (exact) mass is 275 g/mol. The second-order valence-electron chi connectivity index (χ2n) is 6.72. The van der Waals surface area contributed by atoms with E-state index in [2.05, 4.69) is 77.2 Å². The molecule has 0 fully saturated rings. The van der Waals surface area contributed by atoms with Crippen LogP contribution in [-0.2, 0) is 0 Å². The minimum atomic E-state index is 0.651. The minimum Gasteiger partial charge on any atom is -0.384 e.